The van der Waals surface area contributed by atoms with Gasteiger partial charge in [-0.15, -0.1) is 0 Å². The molecule has 214 valence electrons. The normalized spacial score (nSPS) is 15.4. The van der Waals surface area contributed by atoms with Gasteiger partial charge in [0.2, 0.25) is 15.7 Å². The minimum atomic E-state index is -4.71. The number of piperidine rings is 1. The highest BCUT2D eigenvalue weighted by molar-refractivity contribution is 7.91. The molecule has 0 bridgehead atoms. The number of likely N-dealkylation sites (tertiary alicyclic amines) is 1. The van der Waals surface area contributed by atoms with Crippen LogP contribution in [-0.4, -0.2) is 32.3 Å². The van der Waals surface area contributed by atoms with E-state index in [1.807, 2.05) is 43.9 Å². The van der Waals surface area contributed by atoms with E-state index in [4.69, 9.17) is 11.6 Å². The predicted molar refractivity (Wildman–Crippen MR) is 150 cm³/mol. The first-order valence-corrected chi connectivity index (χ1v) is 15.0. The lowest BCUT2D eigenvalue weighted by atomic mass is 9.86. The molecule has 0 atom stereocenters. The van der Waals surface area contributed by atoms with Crippen molar-refractivity contribution in [3.63, 3.8) is 0 Å². The summed E-state index contributed by atoms with van der Waals surface area (Å²) in [7, 11) is -4.14. The zero-order valence-corrected chi connectivity index (χ0v) is 24.1. The molecule has 1 heterocycles. The van der Waals surface area contributed by atoms with Crippen molar-refractivity contribution in [3.05, 3.63) is 87.9 Å². The number of nitrogens with zero attached hydrogens (tertiary/aromatic N) is 1. The minimum Gasteiger partial charge on any atom is -0.326 e. The fourth-order valence-corrected chi connectivity index (χ4v) is 6.37. The summed E-state index contributed by atoms with van der Waals surface area (Å²) in [5.41, 5.74) is 2.07. The molecule has 10 heteroatoms. The van der Waals surface area contributed by atoms with Crippen molar-refractivity contribution >= 4 is 33.0 Å². The summed E-state index contributed by atoms with van der Waals surface area (Å²) in [6, 6.07) is 14.4. The van der Waals surface area contributed by atoms with Gasteiger partial charge in [-0.3, -0.25) is 9.69 Å². The highest BCUT2D eigenvalue weighted by atomic mass is 35.5. The van der Waals surface area contributed by atoms with Crippen LogP contribution < -0.4 is 5.32 Å². The van der Waals surface area contributed by atoms with Crippen LogP contribution in [0.4, 0.5) is 18.9 Å². The highest BCUT2D eigenvalue weighted by Crippen LogP contribution is 2.37. The third kappa shape index (κ3) is 6.87. The molecule has 0 radical (unpaired) electrons. The maximum Gasteiger partial charge on any atom is 0.416 e. The molecule has 1 amide bonds. The topological polar surface area (TPSA) is 66.5 Å². The summed E-state index contributed by atoms with van der Waals surface area (Å²) >= 11 is 5.83. The number of amides is 1. The number of nitrogens with one attached hydrogen (secondary N) is 1. The number of anilines is 1. The van der Waals surface area contributed by atoms with Gasteiger partial charge in [0.05, 0.1) is 15.4 Å². The third-order valence-corrected chi connectivity index (χ3v) is 9.33. The maximum atomic E-state index is 14.1. The van der Waals surface area contributed by atoms with Crippen molar-refractivity contribution in [2.45, 2.75) is 62.0 Å². The molecule has 0 saturated carbocycles. The largest absolute Gasteiger partial charge is 0.416 e. The van der Waals surface area contributed by atoms with Gasteiger partial charge in [-0.05, 0) is 104 Å². The molecule has 1 aliphatic heterocycles. The van der Waals surface area contributed by atoms with Gasteiger partial charge < -0.3 is 5.32 Å². The average Bonchev–Trinajstić information content (AvgIpc) is 2.90. The van der Waals surface area contributed by atoms with Crippen molar-refractivity contribution in [3.8, 4) is 0 Å². The number of hydrogen-bond donors (Lipinski definition) is 1. The van der Waals surface area contributed by atoms with E-state index in [2.05, 4.69) is 5.32 Å². The van der Waals surface area contributed by atoms with Crippen LogP contribution in [0.1, 0.15) is 54.9 Å². The number of sulfone groups is 1. The molecule has 1 saturated heterocycles. The standard InChI is InChI=1S/C30H32ClF3N2O3S/c1-19(2)29(37)35-24-8-4-20(3)27(16-24)21-12-14-36(15-13-21)18-22-5-9-26(17-28(22)30(32,33)34)40(38,39)25-10-6-23(31)7-11-25/h4-11,16-17,19,21H,12-15,18H2,1-3H3,(H,35,37). The van der Waals surface area contributed by atoms with Crippen LogP contribution in [0.5, 0.6) is 0 Å². The van der Waals surface area contributed by atoms with E-state index in [0.717, 1.165) is 35.7 Å². The Bertz CT molecular complexity index is 1480. The Balaban J connectivity index is 1.50. The van der Waals surface area contributed by atoms with Crippen LogP contribution in [0.15, 0.2) is 70.5 Å². The first-order chi connectivity index (χ1) is 18.8. The molecule has 1 aliphatic rings. The molecular formula is C30H32ClF3N2O3S. The molecular weight excluding hydrogens is 561 g/mol. The van der Waals surface area contributed by atoms with Crippen LogP contribution >= 0.6 is 11.6 Å². The number of halogens is 4. The number of alkyl halides is 3. The number of hydrogen-bond acceptors (Lipinski definition) is 4. The molecule has 0 spiro atoms. The van der Waals surface area contributed by atoms with Gasteiger partial charge >= 0.3 is 6.18 Å². The molecule has 4 rings (SSSR count). The molecule has 0 unspecified atom stereocenters. The fraction of sp³-hybridized carbons (Fsp3) is 0.367. The summed E-state index contributed by atoms with van der Waals surface area (Å²) in [6.07, 6.45) is -3.20. The van der Waals surface area contributed by atoms with Crippen molar-refractivity contribution in [1.29, 1.82) is 0 Å². The van der Waals surface area contributed by atoms with E-state index in [9.17, 15) is 26.4 Å². The summed E-state index contributed by atoms with van der Waals surface area (Å²) in [5.74, 6) is 0.0272. The Hall–Kier alpha value is -2.88. The van der Waals surface area contributed by atoms with Crippen LogP contribution in [0.3, 0.4) is 0 Å². The number of carbonyl (C=O) groups excluding carboxylic acids is 1. The van der Waals surface area contributed by atoms with E-state index >= 15 is 0 Å². The van der Waals surface area contributed by atoms with Crippen molar-refractivity contribution < 1.29 is 26.4 Å². The van der Waals surface area contributed by atoms with E-state index in [0.29, 0.717) is 18.1 Å². The first kappa shape index (κ1) is 30.1. The first-order valence-electron chi connectivity index (χ1n) is 13.1. The maximum absolute atomic E-state index is 14.1. The Kier molecular flexibility index (Phi) is 8.97. The minimum absolute atomic E-state index is 0.0376. The number of rotatable bonds is 7. The number of benzene rings is 3. The van der Waals surface area contributed by atoms with Crippen molar-refractivity contribution in [1.82, 2.24) is 4.90 Å². The molecule has 3 aromatic rings. The zero-order valence-electron chi connectivity index (χ0n) is 22.6. The SMILES string of the molecule is Cc1ccc(NC(=O)C(C)C)cc1C1CCN(Cc2ccc(S(=O)(=O)c3ccc(Cl)cc3)cc2C(F)(F)F)CC1. The Morgan fingerprint density at radius 3 is 2.23 bits per heavy atom. The van der Waals surface area contributed by atoms with E-state index in [1.165, 1.54) is 36.4 Å². The fourth-order valence-electron chi connectivity index (χ4n) is 4.96. The van der Waals surface area contributed by atoms with Gasteiger partial charge in [-0.25, -0.2) is 8.42 Å². The van der Waals surface area contributed by atoms with E-state index in [1.54, 1.807) is 0 Å². The number of aryl methyl sites for hydroxylation is 1. The molecule has 3 aromatic carbocycles. The molecule has 40 heavy (non-hydrogen) atoms. The lowest BCUT2D eigenvalue weighted by Crippen LogP contribution is -2.33. The molecule has 1 fully saturated rings. The van der Waals surface area contributed by atoms with E-state index < -0.39 is 26.5 Å². The zero-order chi connectivity index (χ0) is 29.2. The van der Waals surface area contributed by atoms with Crippen LogP contribution in [0, 0.1) is 12.8 Å². The van der Waals surface area contributed by atoms with Crippen molar-refractivity contribution in [2.75, 3.05) is 18.4 Å². The van der Waals surface area contributed by atoms with E-state index in [-0.39, 0.29) is 34.7 Å². The molecule has 0 aliphatic carbocycles. The van der Waals surface area contributed by atoms with Crippen LogP contribution in [0.2, 0.25) is 5.02 Å². The highest BCUT2D eigenvalue weighted by Gasteiger charge is 2.36. The predicted octanol–water partition coefficient (Wildman–Crippen LogP) is 7.47. The van der Waals surface area contributed by atoms with Gasteiger partial charge in [0.1, 0.15) is 0 Å². The average molecular weight is 593 g/mol. The van der Waals surface area contributed by atoms with Gasteiger partial charge in [0, 0.05) is 23.2 Å². The van der Waals surface area contributed by atoms with Gasteiger partial charge in [-0.2, -0.15) is 13.2 Å². The Labute approximate surface area is 238 Å². The second-order valence-corrected chi connectivity index (χ2v) is 12.9. The Morgan fingerprint density at radius 1 is 1.00 bits per heavy atom. The van der Waals surface area contributed by atoms with Gasteiger partial charge in [-0.1, -0.05) is 37.6 Å². The summed E-state index contributed by atoms with van der Waals surface area (Å²) in [6.45, 7) is 6.92. The lowest BCUT2D eigenvalue weighted by Gasteiger charge is -2.33. The summed E-state index contributed by atoms with van der Waals surface area (Å²) in [5, 5.41) is 3.26. The summed E-state index contributed by atoms with van der Waals surface area (Å²) < 4.78 is 68.2. The third-order valence-electron chi connectivity index (χ3n) is 7.31. The quantitative estimate of drug-likeness (QED) is 0.309. The molecule has 5 nitrogen and oxygen atoms in total. The van der Waals surface area contributed by atoms with Crippen LogP contribution in [0.25, 0.3) is 0 Å². The smallest absolute Gasteiger partial charge is 0.326 e. The lowest BCUT2D eigenvalue weighted by molar-refractivity contribution is -0.138. The van der Waals surface area contributed by atoms with Crippen molar-refractivity contribution in [2.24, 2.45) is 5.92 Å². The summed E-state index contributed by atoms with van der Waals surface area (Å²) in [4.78, 5) is 13.6. The van der Waals surface area contributed by atoms with Gasteiger partial charge in [0.25, 0.3) is 0 Å². The molecule has 1 N–H and O–H groups in total. The monoisotopic (exact) mass is 592 g/mol. The molecule has 0 aromatic heterocycles. The Morgan fingerprint density at radius 2 is 1.62 bits per heavy atom. The van der Waals surface area contributed by atoms with Gasteiger partial charge in [0.15, 0.2) is 0 Å². The number of carbonyl (C=O) groups is 1. The second kappa shape index (κ2) is 11.9. The van der Waals surface area contributed by atoms with Crippen LogP contribution in [-0.2, 0) is 27.4 Å². The second-order valence-electron chi connectivity index (χ2n) is 10.5.